The molecule has 2 aromatic carbocycles. The van der Waals surface area contributed by atoms with Crippen LogP contribution in [0.4, 0.5) is 0 Å². The number of rotatable bonds is 6. The van der Waals surface area contributed by atoms with Gasteiger partial charge in [-0.25, -0.2) is 4.79 Å². The maximum Gasteiger partial charge on any atom is 0.335 e. The highest BCUT2D eigenvalue weighted by molar-refractivity contribution is 6.74. The minimum Gasteiger partial charge on any atom is -0.541 e. The zero-order chi connectivity index (χ0) is 18.7. The van der Waals surface area contributed by atoms with Crippen LogP contribution in [-0.2, 0) is 6.61 Å². The fourth-order valence-corrected chi connectivity index (χ4v) is 3.02. The molecule has 0 saturated carbocycles. The molecule has 0 fully saturated rings. The molecule has 0 bridgehead atoms. The minimum atomic E-state index is -2.12. The quantitative estimate of drug-likeness (QED) is 0.707. The molecule has 0 aliphatic carbocycles. The number of hydrogen-bond acceptors (Lipinski definition) is 3. The predicted molar refractivity (Wildman–Crippen MR) is 102 cm³/mol. The van der Waals surface area contributed by atoms with E-state index in [1.165, 1.54) is 0 Å². The summed E-state index contributed by atoms with van der Waals surface area (Å²) in [6.45, 7) is 11.1. The summed E-state index contributed by atoms with van der Waals surface area (Å²) in [7, 11) is -2.12. The van der Waals surface area contributed by atoms with E-state index in [4.69, 9.17) is 9.16 Å². The van der Waals surface area contributed by atoms with Crippen molar-refractivity contribution in [1.82, 2.24) is 0 Å². The van der Waals surface area contributed by atoms with Crippen molar-refractivity contribution in [2.45, 2.75) is 45.5 Å². The second-order valence-corrected chi connectivity index (χ2v) is 12.3. The van der Waals surface area contributed by atoms with Gasteiger partial charge in [-0.05, 0) is 41.9 Å². The molecule has 0 atom stereocenters. The first-order valence-corrected chi connectivity index (χ1v) is 11.2. The third-order valence-corrected chi connectivity index (χ3v) is 8.94. The van der Waals surface area contributed by atoms with Crippen molar-refractivity contribution < 1.29 is 19.1 Å². The monoisotopic (exact) mass is 358 g/mol. The summed E-state index contributed by atoms with van der Waals surface area (Å²) in [5.41, 5.74) is 1.24. The molecule has 0 aliphatic rings. The van der Waals surface area contributed by atoms with Gasteiger partial charge in [0.15, 0.2) is 5.75 Å². The van der Waals surface area contributed by atoms with Gasteiger partial charge in [-0.15, -0.1) is 0 Å². The molecule has 5 heteroatoms. The van der Waals surface area contributed by atoms with E-state index in [0.29, 0.717) is 18.1 Å². The van der Waals surface area contributed by atoms with Gasteiger partial charge in [-0.3, -0.25) is 0 Å². The Hall–Kier alpha value is -2.27. The number of ether oxygens (including phenoxy) is 1. The maximum atomic E-state index is 11.3. The third-order valence-electron chi connectivity index (χ3n) is 4.60. The molecule has 0 amide bonds. The highest BCUT2D eigenvalue weighted by Crippen LogP contribution is 2.40. The highest BCUT2D eigenvalue weighted by Gasteiger charge is 2.39. The van der Waals surface area contributed by atoms with Gasteiger partial charge in [0, 0.05) is 0 Å². The fraction of sp³-hybridized carbons (Fsp3) is 0.350. The van der Waals surface area contributed by atoms with Crippen molar-refractivity contribution in [3.8, 4) is 11.5 Å². The molecule has 0 aromatic heterocycles. The van der Waals surface area contributed by atoms with Crippen molar-refractivity contribution in [3.63, 3.8) is 0 Å². The molecular weight excluding hydrogens is 332 g/mol. The first-order valence-electron chi connectivity index (χ1n) is 8.33. The number of benzene rings is 2. The Balaban J connectivity index is 2.30. The molecule has 25 heavy (non-hydrogen) atoms. The first-order chi connectivity index (χ1) is 11.6. The van der Waals surface area contributed by atoms with E-state index < -0.39 is 14.3 Å². The average molecular weight is 359 g/mol. The van der Waals surface area contributed by atoms with Crippen molar-refractivity contribution in [2.24, 2.45) is 0 Å². The van der Waals surface area contributed by atoms with E-state index in [2.05, 4.69) is 33.9 Å². The lowest BCUT2D eigenvalue weighted by Crippen LogP contribution is -2.44. The maximum absolute atomic E-state index is 11.3. The first kappa shape index (κ1) is 19.1. The summed E-state index contributed by atoms with van der Waals surface area (Å²) in [5.74, 6) is 0.0933. The van der Waals surface area contributed by atoms with Gasteiger partial charge in [0.2, 0.25) is 0 Å². The molecule has 1 N–H and O–H groups in total. The Morgan fingerprint density at radius 2 is 1.68 bits per heavy atom. The molecule has 134 valence electrons. The van der Waals surface area contributed by atoms with Crippen LogP contribution >= 0.6 is 0 Å². The lowest BCUT2D eigenvalue weighted by molar-refractivity contribution is 0.0696. The summed E-state index contributed by atoms with van der Waals surface area (Å²) in [6, 6.07) is 14.6. The van der Waals surface area contributed by atoms with Gasteiger partial charge in [0.1, 0.15) is 12.4 Å². The fourth-order valence-electron chi connectivity index (χ4n) is 2.00. The molecule has 4 nitrogen and oxygen atoms in total. The molecule has 0 radical (unpaired) electrons. The summed E-state index contributed by atoms with van der Waals surface area (Å²) in [4.78, 5) is 11.3. The molecule has 2 rings (SSSR count). The third kappa shape index (κ3) is 4.86. The van der Waals surface area contributed by atoms with Crippen molar-refractivity contribution in [1.29, 1.82) is 0 Å². The number of carboxylic acid groups (broad SMARTS) is 1. The highest BCUT2D eigenvalue weighted by atomic mass is 28.4. The smallest absolute Gasteiger partial charge is 0.335 e. The predicted octanol–water partition coefficient (Wildman–Crippen LogP) is 5.35. The summed E-state index contributed by atoms with van der Waals surface area (Å²) < 4.78 is 12.2. The number of hydrogen-bond donors (Lipinski definition) is 1. The van der Waals surface area contributed by atoms with Crippen molar-refractivity contribution in [3.05, 3.63) is 59.7 Å². The largest absolute Gasteiger partial charge is 0.541 e. The molecule has 0 unspecified atom stereocenters. The van der Waals surface area contributed by atoms with Crippen LogP contribution in [0.5, 0.6) is 11.5 Å². The Morgan fingerprint density at radius 1 is 1.04 bits per heavy atom. The van der Waals surface area contributed by atoms with Crippen LogP contribution in [0.15, 0.2) is 48.5 Å². The summed E-state index contributed by atoms with van der Waals surface area (Å²) >= 11 is 0. The van der Waals surface area contributed by atoms with Gasteiger partial charge in [-0.1, -0.05) is 51.1 Å². The lowest BCUT2D eigenvalue weighted by Gasteiger charge is -2.36. The lowest BCUT2D eigenvalue weighted by atomic mass is 10.2. The number of carbonyl (C=O) groups is 1. The van der Waals surface area contributed by atoms with E-state index in [9.17, 15) is 9.90 Å². The Labute approximate surface area is 150 Å². The van der Waals surface area contributed by atoms with Crippen LogP contribution in [0.2, 0.25) is 18.1 Å². The van der Waals surface area contributed by atoms with E-state index >= 15 is 0 Å². The van der Waals surface area contributed by atoms with Crippen molar-refractivity contribution >= 4 is 14.3 Å². The number of aromatic carboxylic acids is 1. The molecule has 2 aromatic rings. The Kier molecular flexibility index (Phi) is 5.57. The molecule has 0 aliphatic heterocycles. The van der Waals surface area contributed by atoms with Crippen molar-refractivity contribution in [2.75, 3.05) is 0 Å². The van der Waals surface area contributed by atoms with Gasteiger partial charge >= 0.3 is 5.97 Å². The number of carboxylic acids is 1. The van der Waals surface area contributed by atoms with Crippen LogP contribution in [-0.4, -0.2) is 19.4 Å². The Morgan fingerprint density at radius 3 is 2.24 bits per heavy atom. The average Bonchev–Trinajstić information content (AvgIpc) is 2.53. The zero-order valence-corrected chi connectivity index (χ0v) is 16.5. The van der Waals surface area contributed by atoms with Gasteiger partial charge in [0.05, 0.1) is 5.56 Å². The van der Waals surface area contributed by atoms with Crippen LogP contribution in [0.25, 0.3) is 0 Å². The summed E-state index contributed by atoms with van der Waals surface area (Å²) in [6.07, 6.45) is 0. The second kappa shape index (κ2) is 7.31. The van der Waals surface area contributed by atoms with E-state index in [0.717, 1.165) is 5.56 Å². The zero-order valence-electron chi connectivity index (χ0n) is 15.5. The van der Waals surface area contributed by atoms with Crippen LogP contribution in [0, 0.1) is 0 Å². The molecular formula is C20H26O4Si. The second-order valence-electron chi connectivity index (χ2n) is 7.60. The van der Waals surface area contributed by atoms with E-state index in [1.54, 1.807) is 18.2 Å². The SMILES string of the molecule is CC(C)(C)[Si](C)(C)Oc1cc(C(=O)O)ccc1OCc1ccccc1. The van der Waals surface area contributed by atoms with Crippen LogP contribution < -0.4 is 9.16 Å². The molecule has 0 saturated heterocycles. The Bertz CT molecular complexity index is 733. The topological polar surface area (TPSA) is 55.8 Å². The van der Waals surface area contributed by atoms with Gasteiger partial charge in [-0.2, -0.15) is 0 Å². The minimum absolute atomic E-state index is 0.00291. The van der Waals surface area contributed by atoms with Gasteiger partial charge < -0.3 is 14.3 Å². The van der Waals surface area contributed by atoms with E-state index in [-0.39, 0.29) is 10.6 Å². The normalized spacial score (nSPS) is 11.9. The summed E-state index contributed by atoms with van der Waals surface area (Å²) in [5, 5.41) is 9.28. The molecule has 0 heterocycles. The van der Waals surface area contributed by atoms with Gasteiger partial charge in [0.25, 0.3) is 8.32 Å². The standard InChI is InChI=1S/C20H26O4Si/c1-20(2,3)25(4,5)24-18-13-16(19(21)22)11-12-17(18)23-14-15-9-7-6-8-10-15/h6-13H,14H2,1-5H3,(H,21,22). The van der Waals surface area contributed by atoms with E-state index in [1.807, 2.05) is 30.3 Å². The van der Waals surface area contributed by atoms with Crippen LogP contribution in [0.1, 0.15) is 36.7 Å². The molecule has 0 spiro atoms. The van der Waals surface area contributed by atoms with Crippen LogP contribution in [0.3, 0.4) is 0 Å².